The zero-order chi connectivity index (χ0) is 12.1. The maximum absolute atomic E-state index is 5.53. The molecule has 3 heteroatoms. The third kappa shape index (κ3) is 1.91. The van der Waals surface area contributed by atoms with Gasteiger partial charge in [0.05, 0.1) is 13.2 Å². The molecule has 0 amide bonds. The van der Waals surface area contributed by atoms with Crippen molar-refractivity contribution < 1.29 is 4.74 Å². The quantitative estimate of drug-likeness (QED) is 0.791. The van der Waals surface area contributed by atoms with E-state index in [9.17, 15) is 0 Å². The van der Waals surface area contributed by atoms with Gasteiger partial charge in [0.1, 0.15) is 0 Å². The van der Waals surface area contributed by atoms with Crippen LogP contribution in [-0.4, -0.2) is 37.9 Å². The summed E-state index contributed by atoms with van der Waals surface area (Å²) < 4.78 is 5.53. The van der Waals surface area contributed by atoms with Crippen LogP contribution in [0.3, 0.4) is 0 Å². The monoisotopic (exact) mass is 250 g/mol. The zero-order valence-electron chi connectivity index (χ0n) is 11.4. The van der Waals surface area contributed by atoms with Crippen LogP contribution in [0, 0.1) is 23.7 Å². The van der Waals surface area contributed by atoms with Crippen LogP contribution in [0.5, 0.6) is 0 Å². The zero-order valence-corrected chi connectivity index (χ0v) is 11.4. The molecule has 4 rings (SSSR count). The Balaban J connectivity index is 1.26. The van der Waals surface area contributed by atoms with Crippen LogP contribution >= 0.6 is 0 Å². The Bertz CT molecular complexity index is 300. The predicted molar refractivity (Wildman–Crippen MR) is 71.4 cm³/mol. The molecule has 0 aromatic carbocycles. The van der Waals surface area contributed by atoms with Gasteiger partial charge in [0.15, 0.2) is 0 Å². The normalized spacial score (nSPS) is 51.2. The molecule has 2 N–H and O–H groups in total. The topological polar surface area (TPSA) is 33.3 Å². The largest absolute Gasteiger partial charge is 0.379 e. The SMILES string of the molecule is CC(CC1COCCN1)NC1C2C3CCC(C3)C12. The lowest BCUT2D eigenvalue weighted by Crippen LogP contribution is -2.45. The van der Waals surface area contributed by atoms with Crippen molar-refractivity contribution in [3.63, 3.8) is 0 Å². The first-order chi connectivity index (χ1) is 8.83. The fourth-order valence-corrected chi connectivity index (χ4v) is 5.14. The molecule has 0 radical (unpaired) electrons. The second kappa shape index (κ2) is 4.46. The minimum atomic E-state index is 0.566. The summed E-state index contributed by atoms with van der Waals surface area (Å²) in [5.41, 5.74) is 0. The first-order valence-electron chi connectivity index (χ1n) is 7.90. The summed E-state index contributed by atoms with van der Waals surface area (Å²) in [6.07, 6.45) is 5.82. The molecule has 0 spiro atoms. The lowest BCUT2D eigenvalue weighted by atomic mass is 10.0. The van der Waals surface area contributed by atoms with Gasteiger partial charge in [-0.3, -0.25) is 0 Å². The van der Waals surface area contributed by atoms with Gasteiger partial charge in [0.2, 0.25) is 0 Å². The second-order valence-electron chi connectivity index (χ2n) is 7.04. The number of ether oxygens (including phenoxy) is 1. The van der Waals surface area contributed by atoms with Crippen molar-refractivity contribution in [1.29, 1.82) is 0 Å². The molecule has 3 aliphatic carbocycles. The Hall–Kier alpha value is -0.120. The van der Waals surface area contributed by atoms with Gasteiger partial charge in [0.25, 0.3) is 0 Å². The average Bonchev–Trinajstić information content (AvgIpc) is 2.79. The van der Waals surface area contributed by atoms with Crippen molar-refractivity contribution in [2.75, 3.05) is 19.8 Å². The lowest BCUT2D eigenvalue weighted by molar-refractivity contribution is 0.0710. The van der Waals surface area contributed by atoms with Gasteiger partial charge in [-0.05, 0) is 56.3 Å². The van der Waals surface area contributed by atoms with Crippen molar-refractivity contribution in [2.45, 2.75) is 50.7 Å². The van der Waals surface area contributed by atoms with Crippen molar-refractivity contribution in [3.8, 4) is 0 Å². The lowest BCUT2D eigenvalue weighted by Gasteiger charge is -2.27. The Morgan fingerprint density at radius 1 is 1.28 bits per heavy atom. The van der Waals surface area contributed by atoms with E-state index < -0.39 is 0 Å². The van der Waals surface area contributed by atoms with Gasteiger partial charge in [-0.15, -0.1) is 0 Å². The van der Waals surface area contributed by atoms with Crippen molar-refractivity contribution in [3.05, 3.63) is 0 Å². The first-order valence-corrected chi connectivity index (χ1v) is 7.90. The van der Waals surface area contributed by atoms with Crippen LogP contribution in [-0.2, 0) is 4.74 Å². The minimum Gasteiger partial charge on any atom is -0.379 e. The standard InChI is InChI=1S/C15H26N2O/c1-9(6-12-8-18-5-4-16-12)17-15-13-10-2-3-11(7-10)14(13)15/h9-17H,2-8H2,1H3. The molecule has 3 saturated carbocycles. The van der Waals surface area contributed by atoms with Crippen LogP contribution in [0.2, 0.25) is 0 Å². The Kier molecular flexibility index (Phi) is 2.90. The number of fused-ring (bicyclic) bond motifs is 5. The van der Waals surface area contributed by atoms with E-state index in [4.69, 9.17) is 4.74 Å². The van der Waals surface area contributed by atoms with Gasteiger partial charge in [0, 0.05) is 24.7 Å². The molecule has 1 saturated heterocycles. The van der Waals surface area contributed by atoms with Gasteiger partial charge in [-0.1, -0.05) is 0 Å². The maximum atomic E-state index is 5.53. The smallest absolute Gasteiger partial charge is 0.0620 e. The molecular weight excluding hydrogens is 224 g/mol. The van der Waals surface area contributed by atoms with E-state index >= 15 is 0 Å². The molecule has 102 valence electrons. The van der Waals surface area contributed by atoms with Crippen LogP contribution in [0.4, 0.5) is 0 Å². The molecule has 1 aliphatic heterocycles. The van der Waals surface area contributed by atoms with Crippen LogP contribution < -0.4 is 10.6 Å². The van der Waals surface area contributed by atoms with Crippen molar-refractivity contribution >= 4 is 0 Å². The van der Waals surface area contributed by atoms with E-state index in [1.54, 1.807) is 6.42 Å². The minimum absolute atomic E-state index is 0.566. The summed E-state index contributed by atoms with van der Waals surface area (Å²) in [5, 5.41) is 7.47. The van der Waals surface area contributed by atoms with E-state index in [0.29, 0.717) is 12.1 Å². The number of hydrogen-bond donors (Lipinski definition) is 2. The number of morpholine rings is 1. The average molecular weight is 250 g/mol. The van der Waals surface area contributed by atoms with Gasteiger partial charge < -0.3 is 15.4 Å². The van der Waals surface area contributed by atoms with Gasteiger partial charge in [-0.2, -0.15) is 0 Å². The predicted octanol–water partition coefficient (Wildman–Crippen LogP) is 1.39. The molecule has 18 heavy (non-hydrogen) atoms. The molecule has 4 aliphatic rings. The Morgan fingerprint density at radius 3 is 2.72 bits per heavy atom. The third-order valence-corrected chi connectivity index (χ3v) is 5.85. The summed E-state index contributed by atoms with van der Waals surface area (Å²) >= 11 is 0. The van der Waals surface area contributed by atoms with Crippen LogP contribution in [0.15, 0.2) is 0 Å². The summed E-state index contributed by atoms with van der Waals surface area (Å²) in [7, 11) is 0. The van der Waals surface area contributed by atoms with E-state index in [1.807, 2.05) is 0 Å². The Labute approximate surface area is 110 Å². The molecule has 3 nitrogen and oxygen atoms in total. The molecule has 6 unspecified atom stereocenters. The maximum Gasteiger partial charge on any atom is 0.0620 e. The molecule has 6 atom stereocenters. The molecule has 4 fully saturated rings. The summed E-state index contributed by atoms with van der Waals surface area (Å²) in [4.78, 5) is 0. The van der Waals surface area contributed by atoms with E-state index in [2.05, 4.69) is 17.6 Å². The summed E-state index contributed by atoms with van der Waals surface area (Å²) in [6.45, 7) is 5.16. The molecule has 2 bridgehead atoms. The van der Waals surface area contributed by atoms with Gasteiger partial charge >= 0.3 is 0 Å². The highest BCUT2D eigenvalue weighted by molar-refractivity contribution is 5.17. The van der Waals surface area contributed by atoms with Crippen LogP contribution in [0.25, 0.3) is 0 Å². The first kappa shape index (κ1) is 11.7. The molecule has 0 aromatic rings. The fourth-order valence-electron chi connectivity index (χ4n) is 5.14. The van der Waals surface area contributed by atoms with Crippen molar-refractivity contribution in [1.82, 2.24) is 10.6 Å². The summed E-state index contributed by atoms with van der Waals surface area (Å²) in [6, 6.07) is 2.08. The fraction of sp³-hybridized carbons (Fsp3) is 1.00. The van der Waals surface area contributed by atoms with E-state index in [1.165, 1.54) is 19.3 Å². The Morgan fingerprint density at radius 2 is 2.06 bits per heavy atom. The third-order valence-electron chi connectivity index (χ3n) is 5.85. The van der Waals surface area contributed by atoms with E-state index in [0.717, 1.165) is 49.5 Å². The summed E-state index contributed by atoms with van der Waals surface area (Å²) in [5.74, 6) is 4.28. The molecule has 1 heterocycles. The highest BCUT2D eigenvalue weighted by atomic mass is 16.5. The van der Waals surface area contributed by atoms with Gasteiger partial charge in [-0.25, -0.2) is 0 Å². The number of hydrogen-bond acceptors (Lipinski definition) is 3. The molecular formula is C15H26N2O. The number of rotatable bonds is 4. The highest BCUT2D eigenvalue weighted by Gasteiger charge is 2.64. The highest BCUT2D eigenvalue weighted by Crippen LogP contribution is 2.65. The molecule has 0 aromatic heterocycles. The van der Waals surface area contributed by atoms with Crippen molar-refractivity contribution in [2.24, 2.45) is 23.7 Å². The second-order valence-corrected chi connectivity index (χ2v) is 7.04. The number of nitrogens with one attached hydrogen (secondary N) is 2. The van der Waals surface area contributed by atoms with E-state index in [-0.39, 0.29) is 0 Å². The van der Waals surface area contributed by atoms with Crippen LogP contribution in [0.1, 0.15) is 32.6 Å².